The average Bonchev–Trinajstić information content (AvgIpc) is 2.62. The van der Waals surface area contributed by atoms with E-state index in [1.807, 2.05) is 0 Å². The minimum absolute atomic E-state index is 0.402. The zero-order valence-corrected chi connectivity index (χ0v) is 8.61. The molecule has 0 radical (unpaired) electrons. The highest BCUT2D eigenvalue weighted by atomic mass is 19.3. The first-order valence-electron chi connectivity index (χ1n) is 5.01. The molecule has 1 rings (SSSR count). The lowest BCUT2D eigenvalue weighted by molar-refractivity contribution is -0.139. The number of carbonyl (C=O) groups excluding carboxylic acids is 1. The third-order valence-electron chi connectivity index (χ3n) is 2.75. The Kier molecular flexibility index (Phi) is 3.77. The molecule has 0 heterocycles. The Morgan fingerprint density at radius 3 is 2.31 bits per heavy atom. The standard InChI is InChI=1S/C9H14F4N2O/c10-6(11)9(12,13)5-15-7(16)8(14)3-1-2-4-8/h6H,1-5,14H2,(H,15,16). The average molecular weight is 242 g/mol. The topological polar surface area (TPSA) is 55.1 Å². The highest BCUT2D eigenvalue weighted by Crippen LogP contribution is 2.28. The van der Waals surface area contributed by atoms with Crippen molar-refractivity contribution in [2.24, 2.45) is 5.73 Å². The van der Waals surface area contributed by atoms with Gasteiger partial charge in [-0.25, -0.2) is 8.78 Å². The van der Waals surface area contributed by atoms with Gasteiger partial charge in [-0.05, 0) is 12.8 Å². The Morgan fingerprint density at radius 1 is 1.38 bits per heavy atom. The molecular weight excluding hydrogens is 228 g/mol. The molecule has 16 heavy (non-hydrogen) atoms. The number of nitrogens with one attached hydrogen (secondary N) is 1. The van der Waals surface area contributed by atoms with Crippen LogP contribution in [0.15, 0.2) is 0 Å². The van der Waals surface area contributed by atoms with Gasteiger partial charge in [0.25, 0.3) is 0 Å². The van der Waals surface area contributed by atoms with Crippen LogP contribution in [0.2, 0.25) is 0 Å². The Bertz CT molecular complexity index is 264. The lowest BCUT2D eigenvalue weighted by Crippen LogP contribution is -2.54. The van der Waals surface area contributed by atoms with Gasteiger partial charge in [0.15, 0.2) is 0 Å². The summed E-state index contributed by atoms with van der Waals surface area (Å²) in [5, 5.41) is 1.79. The highest BCUT2D eigenvalue weighted by molar-refractivity contribution is 5.86. The van der Waals surface area contributed by atoms with E-state index in [-0.39, 0.29) is 0 Å². The predicted octanol–water partition coefficient (Wildman–Crippen LogP) is 1.27. The van der Waals surface area contributed by atoms with Crippen LogP contribution in [0.3, 0.4) is 0 Å². The molecule has 7 heteroatoms. The summed E-state index contributed by atoms with van der Waals surface area (Å²) >= 11 is 0. The lowest BCUT2D eigenvalue weighted by atomic mass is 9.98. The maximum absolute atomic E-state index is 12.5. The van der Waals surface area contributed by atoms with Gasteiger partial charge >= 0.3 is 12.3 Å². The molecule has 1 aliphatic carbocycles. The number of carbonyl (C=O) groups is 1. The van der Waals surface area contributed by atoms with Crippen molar-refractivity contribution in [2.45, 2.75) is 43.6 Å². The van der Waals surface area contributed by atoms with E-state index in [4.69, 9.17) is 5.73 Å². The van der Waals surface area contributed by atoms with E-state index in [9.17, 15) is 22.4 Å². The monoisotopic (exact) mass is 242 g/mol. The van der Waals surface area contributed by atoms with Crippen LogP contribution in [0.25, 0.3) is 0 Å². The minimum Gasteiger partial charge on any atom is -0.348 e. The molecule has 94 valence electrons. The highest BCUT2D eigenvalue weighted by Gasteiger charge is 2.43. The van der Waals surface area contributed by atoms with Crippen LogP contribution < -0.4 is 11.1 Å². The third-order valence-corrected chi connectivity index (χ3v) is 2.75. The number of nitrogens with two attached hydrogens (primary N) is 1. The van der Waals surface area contributed by atoms with Gasteiger partial charge in [0, 0.05) is 0 Å². The fourth-order valence-electron chi connectivity index (χ4n) is 1.68. The summed E-state index contributed by atoms with van der Waals surface area (Å²) in [6.07, 6.45) is -1.49. The molecule has 0 unspecified atom stereocenters. The molecule has 0 aliphatic heterocycles. The van der Waals surface area contributed by atoms with Crippen LogP contribution in [-0.4, -0.2) is 30.3 Å². The SMILES string of the molecule is NC1(C(=O)NCC(F)(F)C(F)F)CCCC1. The number of hydrogen-bond donors (Lipinski definition) is 2. The van der Waals surface area contributed by atoms with Gasteiger partial charge in [-0.15, -0.1) is 0 Å². The van der Waals surface area contributed by atoms with Gasteiger partial charge in [-0.2, -0.15) is 8.78 Å². The van der Waals surface area contributed by atoms with Crippen molar-refractivity contribution < 1.29 is 22.4 Å². The van der Waals surface area contributed by atoms with Crippen molar-refractivity contribution in [3.05, 3.63) is 0 Å². The molecule has 0 aromatic heterocycles. The number of rotatable bonds is 4. The molecule has 3 N–H and O–H groups in total. The van der Waals surface area contributed by atoms with Gasteiger partial charge in [-0.3, -0.25) is 4.79 Å². The van der Waals surface area contributed by atoms with Crippen molar-refractivity contribution >= 4 is 5.91 Å². The molecule has 0 aromatic carbocycles. The molecule has 1 fully saturated rings. The first-order valence-corrected chi connectivity index (χ1v) is 5.01. The summed E-state index contributed by atoms with van der Waals surface area (Å²) in [6, 6.07) is 0. The van der Waals surface area contributed by atoms with Crippen molar-refractivity contribution in [3.8, 4) is 0 Å². The van der Waals surface area contributed by atoms with Crippen LogP contribution in [0.4, 0.5) is 17.6 Å². The molecule has 0 atom stereocenters. The van der Waals surface area contributed by atoms with E-state index in [0.29, 0.717) is 12.8 Å². The second-order valence-corrected chi connectivity index (χ2v) is 4.11. The minimum atomic E-state index is -4.20. The van der Waals surface area contributed by atoms with Crippen LogP contribution in [0, 0.1) is 0 Å². The van der Waals surface area contributed by atoms with E-state index in [1.165, 1.54) is 0 Å². The number of alkyl halides is 4. The molecule has 3 nitrogen and oxygen atoms in total. The summed E-state index contributed by atoms with van der Waals surface area (Å²) in [4.78, 5) is 11.4. The molecule has 0 spiro atoms. The van der Waals surface area contributed by atoms with Crippen molar-refractivity contribution in [1.82, 2.24) is 5.32 Å². The first kappa shape index (κ1) is 13.2. The maximum Gasteiger partial charge on any atom is 0.324 e. The molecule has 1 aliphatic rings. The summed E-state index contributed by atoms with van der Waals surface area (Å²) in [7, 11) is 0. The van der Waals surface area contributed by atoms with Crippen molar-refractivity contribution in [1.29, 1.82) is 0 Å². The predicted molar refractivity (Wildman–Crippen MR) is 49.3 cm³/mol. The number of halogens is 4. The van der Waals surface area contributed by atoms with Gasteiger partial charge in [0.1, 0.15) is 0 Å². The largest absolute Gasteiger partial charge is 0.348 e. The normalized spacial score (nSPS) is 20.1. The fourth-order valence-corrected chi connectivity index (χ4v) is 1.68. The van der Waals surface area contributed by atoms with E-state index in [0.717, 1.165) is 12.8 Å². The summed E-state index contributed by atoms with van der Waals surface area (Å²) in [5.41, 5.74) is 4.50. The molecule has 1 amide bonds. The van der Waals surface area contributed by atoms with Crippen LogP contribution in [-0.2, 0) is 4.79 Å². The second kappa shape index (κ2) is 4.57. The van der Waals surface area contributed by atoms with Gasteiger partial charge in [0.2, 0.25) is 5.91 Å². The molecule has 0 bridgehead atoms. The van der Waals surface area contributed by atoms with Crippen molar-refractivity contribution in [3.63, 3.8) is 0 Å². The smallest absolute Gasteiger partial charge is 0.324 e. The molecule has 0 aromatic rings. The Labute approximate surface area is 90.4 Å². The maximum atomic E-state index is 12.5. The summed E-state index contributed by atoms with van der Waals surface area (Å²) in [5.74, 6) is -4.98. The number of amides is 1. The van der Waals surface area contributed by atoms with Gasteiger partial charge < -0.3 is 11.1 Å². The van der Waals surface area contributed by atoms with Gasteiger partial charge in [0.05, 0.1) is 12.1 Å². The van der Waals surface area contributed by atoms with Crippen LogP contribution in [0.5, 0.6) is 0 Å². The van der Waals surface area contributed by atoms with Gasteiger partial charge in [-0.1, -0.05) is 12.8 Å². The fraction of sp³-hybridized carbons (Fsp3) is 0.889. The number of hydrogen-bond acceptors (Lipinski definition) is 2. The summed E-state index contributed by atoms with van der Waals surface area (Å²) in [6.45, 7) is -1.37. The zero-order chi connectivity index (χ0) is 12.4. The molecule has 0 saturated heterocycles. The summed E-state index contributed by atoms with van der Waals surface area (Å²) < 4.78 is 48.6. The van der Waals surface area contributed by atoms with E-state index in [1.54, 1.807) is 5.32 Å². The quantitative estimate of drug-likeness (QED) is 0.729. The van der Waals surface area contributed by atoms with E-state index < -0.39 is 30.3 Å². The molecular formula is C9H14F4N2O. The molecule has 1 saturated carbocycles. The first-order chi connectivity index (χ1) is 7.28. The Hall–Kier alpha value is -0.850. The zero-order valence-electron chi connectivity index (χ0n) is 8.61. The Balaban J connectivity index is 2.47. The Morgan fingerprint density at radius 2 is 1.88 bits per heavy atom. The van der Waals surface area contributed by atoms with Crippen LogP contribution >= 0.6 is 0 Å². The third kappa shape index (κ3) is 2.84. The second-order valence-electron chi connectivity index (χ2n) is 4.11. The van der Waals surface area contributed by atoms with Crippen LogP contribution in [0.1, 0.15) is 25.7 Å². The van der Waals surface area contributed by atoms with Crippen molar-refractivity contribution in [2.75, 3.05) is 6.54 Å². The van der Waals surface area contributed by atoms with E-state index in [2.05, 4.69) is 0 Å². The van der Waals surface area contributed by atoms with E-state index >= 15 is 0 Å². The lowest BCUT2D eigenvalue weighted by Gasteiger charge is -2.24.